The minimum atomic E-state index is 0.567. The second-order valence-electron chi connectivity index (χ2n) is 6.92. The van der Waals surface area contributed by atoms with Crippen molar-refractivity contribution in [2.24, 2.45) is 5.92 Å². The molecule has 1 atom stereocenters. The highest BCUT2D eigenvalue weighted by Gasteiger charge is 2.12. The summed E-state index contributed by atoms with van der Waals surface area (Å²) in [5, 5.41) is 1.45. The molecule has 0 aliphatic rings. The monoisotopic (exact) mass is 386 g/mol. The van der Waals surface area contributed by atoms with Crippen LogP contribution in [0, 0.1) is 12.8 Å². The summed E-state index contributed by atoms with van der Waals surface area (Å²) >= 11 is 12.4. The van der Waals surface area contributed by atoms with Gasteiger partial charge in [0, 0.05) is 29.0 Å². The van der Waals surface area contributed by atoms with E-state index in [9.17, 15) is 0 Å². The van der Waals surface area contributed by atoms with Crippen LogP contribution >= 0.6 is 23.2 Å². The maximum absolute atomic E-state index is 6.34. The van der Waals surface area contributed by atoms with E-state index in [0.29, 0.717) is 10.9 Å². The van der Waals surface area contributed by atoms with Crippen molar-refractivity contribution in [1.82, 2.24) is 9.55 Å². The Labute approximate surface area is 165 Å². The molecule has 0 aliphatic heterocycles. The molecule has 0 N–H and O–H groups in total. The zero-order valence-electron chi connectivity index (χ0n) is 15.0. The molecule has 0 aliphatic carbocycles. The van der Waals surface area contributed by atoms with E-state index in [1.807, 2.05) is 36.9 Å². The summed E-state index contributed by atoms with van der Waals surface area (Å²) in [7, 11) is 0. The first kappa shape index (κ1) is 19.0. The molecule has 0 bridgehead atoms. The number of rotatable bonds is 8. The topological polar surface area (TPSA) is 17.8 Å². The van der Waals surface area contributed by atoms with Crippen molar-refractivity contribution in [3.05, 3.63) is 87.9 Å². The molecule has 0 spiro atoms. The Bertz CT molecular complexity index is 811. The number of hydrogen-bond acceptors (Lipinski definition) is 1. The Hall–Kier alpha value is -1.77. The third kappa shape index (κ3) is 5.62. The summed E-state index contributed by atoms with van der Waals surface area (Å²) in [4.78, 5) is 4.17. The first-order valence-corrected chi connectivity index (χ1v) is 9.81. The van der Waals surface area contributed by atoms with Crippen LogP contribution in [0.1, 0.15) is 29.5 Å². The molecule has 0 radical (unpaired) electrons. The Morgan fingerprint density at radius 3 is 2.46 bits per heavy atom. The van der Waals surface area contributed by atoms with E-state index in [0.717, 1.165) is 37.3 Å². The second kappa shape index (κ2) is 9.25. The molecule has 0 saturated heterocycles. The minimum absolute atomic E-state index is 0.567. The zero-order chi connectivity index (χ0) is 18.4. The van der Waals surface area contributed by atoms with Gasteiger partial charge >= 0.3 is 0 Å². The quantitative estimate of drug-likeness (QED) is 0.439. The van der Waals surface area contributed by atoms with Gasteiger partial charge in [-0.3, -0.25) is 0 Å². The van der Waals surface area contributed by atoms with Gasteiger partial charge in [0.2, 0.25) is 0 Å². The summed E-state index contributed by atoms with van der Waals surface area (Å²) < 4.78 is 2.17. The van der Waals surface area contributed by atoms with Gasteiger partial charge < -0.3 is 4.57 Å². The standard InChI is InChI=1S/C22H24Cl2N2/c1-17-2-4-18(5-3-17)6-7-19(15-26-13-12-25-16-26)8-9-20-10-11-21(23)14-22(20)24/h2-5,10-14,16,19H,6-9,15H2,1H3. The number of nitrogens with zero attached hydrogens (tertiary/aromatic N) is 2. The molecule has 0 fully saturated rings. The molecule has 1 heterocycles. The summed E-state index contributed by atoms with van der Waals surface area (Å²) in [5.41, 5.74) is 3.87. The molecular formula is C22H24Cl2N2. The van der Waals surface area contributed by atoms with E-state index in [4.69, 9.17) is 23.2 Å². The summed E-state index contributed by atoms with van der Waals surface area (Å²) in [5.74, 6) is 0.567. The Morgan fingerprint density at radius 1 is 1.00 bits per heavy atom. The summed E-state index contributed by atoms with van der Waals surface area (Å²) in [6.45, 7) is 3.11. The third-order valence-corrected chi connectivity index (χ3v) is 5.41. The molecule has 2 aromatic carbocycles. The van der Waals surface area contributed by atoms with Crippen molar-refractivity contribution in [2.75, 3.05) is 0 Å². The molecule has 3 aromatic rings. The van der Waals surface area contributed by atoms with Gasteiger partial charge in [-0.25, -0.2) is 4.98 Å². The molecule has 0 saturated carbocycles. The highest BCUT2D eigenvalue weighted by atomic mass is 35.5. The van der Waals surface area contributed by atoms with Gasteiger partial charge in [-0.1, -0.05) is 59.1 Å². The van der Waals surface area contributed by atoms with Gasteiger partial charge in [-0.05, 0) is 61.8 Å². The number of hydrogen-bond donors (Lipinski definition) is 0. The van der Waals surface area contributed by atoms with E-state index < -0.39 is 0 Å². The van der Waals surface area contributed by atoms with Gasteiger partial charge in [0.15, 0.2) is 0 Å². The van der Waals surface area contributed by atoms with Crippen molar-refractivity contribution in [1.29, 1.82) is 0 Å². The fourth-order valence-corrected chi connectivity index (χ4v) is 3.73. The molecule has 1 unspecified atom stereocenters. The molecule has 1 aromatic heterocycles. The van der Waals surface area contributed by atoms with Crippen LogP contribution in [0.2, 0.25) is 10.0 Å². The Kier molecular flexibility index (Phi) is 6.76. The van der Waals surface area contributed by atoms with E-state index in [1.165, 1.54) is 16.7 Å². The predicted molar refractivity (Wildman–Crippen MR) is 110 cm³/mol. The van der Waals surface area contributed by atoms with Crippen LogP contribution in [0.25, 0.3) is 0 Å². The lowest BCUT2D eigenvalue weighted by Crippen LogP contribution is -2.12. The van der Waals surface area contributed by atoms with E-state index in [-0.39, 0.29) is 0 Å². The van der Waals surface area contributed by atoms with Crippen LogP contribution < -0.4 is 0 Å². The van der Waals surface area contributed by atoms with E-state index in [1.54, 1.807) is 0 Å². The van der Waals surface area contributed by atoms with Crippen LogP contribution in [0.3, 0.4) is 0 Å². The lowest BCUT2D eigenvalue weighted by Gasteiger charge is -2.18. The molecule has 26 heavy (non-hydrogen) atoms. The van der Waals surface area contributed by atoms with Gasteiger partial charge in [0.05, 0.1) is 6.33 Å². The third-order valence-electron chi connectivity index (χ3n) is 4.83. The van der Waals surface area contributed by atoms with Gasteiger partial charge in [-0.15, -0.1) is 0 Å². The molecule has 4 heteroatoms. The van der Waals surface area contributed by atoms with Crippen molar-refractivity contribution in [2.45, 2.75) is 39.2 Å². The molecule has 3 rings (SSSR count). The number of halogens is 2. The lowest BCUT2D eigenvalue weighted by molar-refractivity contribution is 0.388. The molecule has 2 nitrogen and oxygen atoms in total. The highest BCUT2D eigenvalue weighted by molar-refractivity contribution is 6.35. The second-order valence-corrected chi connectivity index (χ2v) is 7.77. The fourth-order valence-electron chi connectivity index (χ4n) is 3.23. The Balaban J connectivity index is 1.63. The molecule has 136 valence electrons. The maximum atomic E-state index is 6.34. The van der Waals surface area contributed by atoms with Crippen molar-refractivity contribution in [3.63, 3.8) is 0 Å². The number of imidazole rings is 1. The molecular weight excluding hydrogens is 363 g/mol. The van der Waals surface area contributed by atoms with Crippen LogP contribution in [0.5, 0.6) is 0 Å². The lowest BCUT2D eigenvalue weighted by atomic mass is 9.92. The maximum Gasteiger partial charge on any atom is 0.0945 e. The van der Waals surface area contributed by atoms with Crippen LogP contribution in [-0.4, -0.2) is 9.55 Å². The fraction of sp³-hybridized carbons (Fsp3) is 0.318. The average molecular weight is 387 g/mol. The number of aryl methyl sites for hydroxylation is 3. The minimum Gasteiger partial charge on any atom is -0.337 e. The first-order valence-electron chi connectivity index (χ1n) is 9.05. The van der Waals surface area contributed by atoms with Crippen LogP contribution in [0.4, 0.5) is 0 Å². The van der Waals surface area contributed by atoms with Crippen molar-refractivity contribution >= 4 is 23.2 Å². The van der Waals surface area contributed by atoms with Crippen molar-refractivity contribution in [3.8, 4) is 0 Å². The first-order chi connectivity index (χ1) is 12.6. The SMILES string of the molecule is Cc1ccc(CCC(CCc2ccc(Cl)cc2Cl)Cn2ccnc2)cc1. The largest absolute Gasteiger partial charge is 0.337 e. The van der Waals surface area contributed by atoms with Gasteiger partial charge in [-0.2, -0.15) is 0 Å². The van der Waals surface area contributed by atoms with E-state index in [2.05, 4.69) is 40.7 Å². The average Bonchev–Trinajstić information content (AvgIpc) is 3.13. The van der Waals surface area contributed by atoms with Crippen LogP contribution in [-0.2, 0) is 19.4 Å². The Morgan fingerprint density at radius 2 is 1.77 bits per heavy atom. The molecule has 0 amide bonds. The van der Waals surface area contributed by atoms with E-state index >= 15 is 0 Å². The normalized spacial score (nSPS) is 12.3. The number of benzene rings is 2. The summed E-state index contributed by atoms with van der Waals surface area (Å²) in [6, 6.07) is 14.6. The predicted octanol–water partition coefficient (Wildman–Crippen LogP) is 6.38. The highest BCUT2D eigenvalue weighted by Crippen LogP contribution is 2.25. The zero-order valence-corrected chi connectivity index (χ0v) is 16.5. The summed E-state index contributed by atoms with van der Waals surface area (Å²) in [6.07, 6.45) is 10.1. The number of aromatic nitrogens is 2. The van der Waals surface area contributed by atoms with Crippen molar-refractivity contribution < 1.29 is 0 Å². The van der Waals surface area contributed by atoms with Gasteiger partial charge in [0.25, 0.3) is 0 Å². The smallest absolute Gasteiger partial charge is 0.0945 e. The van der Waals surface area contributed by atoms with Crippen LogP contribution in [0.15, 0.2) is 61.2 Å². The van der Waals surface area contributed by atoms with Gasteiger partial charge in [0.1, 0.15) is 0 Å².